The molecule has 0 N–H and O–H groups in total. The quantitative estimate of drug-likeness (QED) is 0.0562. The number of hydrogen-bond donors (Lipinski definition) is 0. The number of rotatable bonds is 30. The zero-order valence-electron chi connectivity index (χ0n) is 32.7. The Morgan fingerprint density at radius 1 is 0.458 bits per heavy atom. The van der Waals surface area contributed by atoms with Gasteiger partial charge in [0.1, 0.15) is 12.2 Å². The van der Waals surface area contributed by atoms with Crippen LogP contribution in [0.25, 0.3) is 0 Å². The van der Waals surface area contributed by atoms with Crippen LogP contribution in [0.1, 0.15) is 181 Å². The summed E-state index contributed by atoms with van der Waals surface area (Å²) in [6.45, 7) is 5.95. The molecule has 4 heteroatoms. The Morgan fingerprint density at radius 2 is 0.771 bits per heavy atom. The van der Waals surface area contributed by atoms with Crippen molar-refractivity contribution < 1.29 is 14.2 Å². The van der Waals surface area contributed by atoms with Gasteiger partial charge in [-0.05, 0) is 98.2 Å². The van der Waals surface area contributed by atoms with E-state index in [4.69, 9.17) is 14.2 Å². The summed E-state index contributed by atoms with van der Waals surface area (Å²) < 4.78 is 18.7. The summed E-state index contributed by atoms with van der Waals surface area (Å²) in [4.78, 5) is 2.00. The van der Waals surface area contributed by atoms with Gasteiger partial charge in [0.05, 0.1) is 13.2 Å². The molecule has 0 aromatic heterocycles. The van der Waals surface area contributed by atoms with E-state index in [-0.39, 0.29) is 18.0 Å². The first-order valence-electron chi connectivity index (χ1n) is 20.7. The van der Waals surface area contributed by atoms with Crippen molar-refractivity contribution in [3.8, 4) is 0 Å². The van der Waals surface area contributed by atoms with Crippen molar-refractivity contribution in [2.24, 2.45) is 0 Å². The summed E-state index contributed by atoms with van der Waals surface area (Å²) in [5.74, 6) is -0.344. The number of nitrogens with zero attached hydrogens (tertiary/aromatic N) is 1. The minimum absolute atomic E-state index is 0.157. The van der Waals surface area contributed by atoms with Crippen LogP contribution in [0.5, 0.6) is 0 Å². The van der Waals surface area contributed by atoms with Crippen LogP contribution in [0.15, 0.2) is 48.6 Å². The molecule has 0 aromatic rings. The molecule has 0 bridgehead atoms. The lowest BCUT2D eigenvalue weighted by molar-refractivity contribution is -0.200. The molecule has 0 spiro atoms. The second kappa shape index (κ2) is 33.0. The van der Waals surface area contributed by atoms with Crippen molar-refractivity contribution in [2.45, 2.75) is 199 Å². The van der Waals surface area contributed by atoms with Crippen molar-refractivity contribution in [1.29, 1.82) is 0 Å². The van der Waals surface area contributed by atoms with Gasteiger partial charge in [-0.3, -0.25) is 0 Å². The molecular weight excluding hydrogens is 590 g/mol. The predicted molar refractivity (Wildman–Crippen MR) is 211 cm³/mol. The topological polar surface area (TPSA) is 30.9 Å². The van der Waals surface area contributed by atoms with Crippen LogP contribution >= 0.6 is 0 Å². The first kappa shape index (κ1) is 44.8. The Bertz CT molecular complexity index is 736. The second-order valence-electron chi connectivity index (χ2n) is 14.8. The maximum absolute atomic E-state index is 6.55. The summed E-state index contributed by atoms with van der Waals surface area (Å²) in [6.07, 6.45) is 52.1. The highest BCUT2D eigenvalue weighted by atomic mass is 16.8. The van der Waals surface area contributed by atoms with Crippen molar-refractivity contribution >= 4 is 0 Å². The molecule has 0 radical (unpaired) electrons. The largest absolute Gasteiger partial charge is 0.376 e. The van der Waals surface area contributed by atoms with Crippen LogP contribution in [0.2, 0.25) is 0 Å². The molecule has 0 amide bonds. The first-order valence-corrected chi connectivity index (χ1v) is 20.7. The van der Waals surface area contributed by atoms with Gasteiger partial charge in [0.25, 0.3) is 0 Å². The lowest BCUT2D eigenvalue weighted by Crippen LogP contribution is -2.32. The standard InChI is InChI=1S/C41H72O3.C3H9N/c1-3-5-7-9-11-13-15-17-19-21-23-25-27-29-31-33-35-41(43-39-37-42-38-40(39)44-41)36-34-32-30-28-26-24-22-20-18-16-14-12-10-8-6-4-2;1-4(2)3/h11-14,17-20,39-40H,3-10,15-16,21-38H2,1-2H3;1-3H3/b13-11-,14-12-,19-17-,20-18-;. The molecule has 2 aliphatic heterocycles. The zero-order valence-corrected chi connectivity index (χ0v) is 32.7. The van der Waals surface area contributed by atoms with Crippen LogP contribution in [-0.4, -0.2) is 57.3 Å². The third-order valence-corrected chi connectivity index (χ3v) is 9.23. The third-order valence-electron chi connectivity index (χ3n) is 9.23. The molecule has 280 valence electrons. The lowest BCUT2D eigenvalue weighted by Gasteiger charge is -2.29. The number of hydrogen-bond acceptors (Lipinski definition) is 4. The highest BCUT2D eigenvalue weighted by Crippen LogP contribution is 2.40. The predicted octanol–water partition coefficient (Wildman–Crippen LogP) is 13.1. The van der Waals surface area contributed by atoms with E-state index in [0.717, 1.165) is 25.7 Å². The third kappa shape index (κ3) is 26.6. The van der Waals surface area contributed by atoms with Crippen molar-refractivity contribution in [2.75, 3.05) is 34.4 Å². The highest BCUT2D eigenvalue weighted by Gasteiger charge is 2.49. The van der Waals surface area contributed by atoms with Gasteiger partial charge >= 0.3 is 0 Å². The lowest BCUT2D eigenvalue weighted by atomic mass is 9.98. The first-order chi connectivity index (χ1) is 23.5. The van der Waals surface area contributed by atoms with Crippen LogP contribution in [0, 0.1) is 0 Å². The molecule has 2 unspecified atom stereocenters. The highest BCUT2D eigenvalue weighted by molar-refractivity contribution is 4.94. The molecule has 0 saturated carbocycles. The van der Waals surface area contributed by atoms with Gasteiger partial charge in [-0.2, -0.15) is 0 Å². The monoisotopic (exact) mass is 672 g/mol. The van der Waals surface area contributed by atoms with Gasteiger partial charge in [0.2, 0.25) is 0 Å². The van der Waals surface area contributed by atoms with Gasteiger partial charge < -0.3 is 19.1 Å². The summed E-state index contributed by atoms with van der Waals surface area (Å²) in [7, 11) is 6.00. The minimum atomic E-state index is -0.344. The van der Waals surface area contributed by atoms with E-state index in [9.17, 15) is 0 Å². The smallest absolute Gasteiger partial charge is 0.169 e. The molecular formula is C44H81NO3. The minimum Gasteiger partial charge on any atom is -0.376 e. The van der Waals surface area contributed by atoms with Gasteiger partial charge in [0.15, 0.2) is 5.79 Å². The van der Waals surface area contributed by atoms with Gasteiger partial charge in [0, 0.05) is 12.8 Å². The fourth-order valence-corrected chi connectivity index (χ4v) is 6.44. The molecule has 2 atom stereocenters. The van der Waals surface area contributed by atoms with Crippen molar-refractivity contribution in [1.82, 2.24) is 4.90 Å². The number of unbranched alkanes of at least 4 members (excludes halogenated alkanes) is 18. The van der Waals surface area contributed by atoms with E-state index in [1.165, 1.54) is 141 Å². The van der Waals surface area contributed by atoms with Crippen LogP contribution in [-0.2, 0) is 14.2 Å². The van der Waals surface area contributed by atoms with Gasteiger partial charge in [-0.25, -0.2) is 0 Å². The average Bonchev–Trinajstić information content (AvgIpc) is 3.64. The van der Waals surface area contributed by atoms with E-state index >= 15 is 0 Å². The van der Waals surface area contributed by atoms with Gasteiger partial charge in [-0.15, -0.1) is 0 Å². The fraction of sp³-hybridized carbons (Fsp3) is 0.818. The average molecular weight is 672 g/mol. The van der Waals surface area contributed by atoms with E-state index < -0.39 is 0 Å². The fourth-order valence-electron chi connectivity index (χ4n) is 6.44. The Morgan fingerprint density at radius 3 is 1.12 bits per heavy atom. The molecule has 2 saturated heterocycles. The van der Waals surface area contributed by atoms with Crippen LogP contribution < -0.4 is 0 Å². The molecule has 48 heavy (non-hydrogen) atoms. The summed E-state index contributed by atoms with van der Waals surface area (Å²) in [5.41, 5.74) is 0. The number of fused-ring (bicyclic) bond motifs is 1. The number of ether oxygens (including phenoxy) is 3. The zero-order chi connectivity index (χ0) is 34.8. The second-order valence-corrected chi connectivity index (χ2v) is 14.8. The summed E-state index contributed by atoms with van der Waals surface area (Å²) in [5, 5.41) is 0. The number of allylic oxidation sites excluding steroid dienone is 8. The SMILES string of the molecule is CCCCC/C=C\C/C=C\CCCCCCCCC1(CCCCCCCC/C=C\C/C=C\CCCCC)OC2COCC2O1.CN(C)C. The molecule has 4 nitrogen and oxygen atoms in total. The van der Waals surface area contributed by atoms with E-state index in [1.54, 1.807) is 0 Å². The van der Waals surface area contributed by atoms with E-state index in [0.29, 0.717) is 13.2 Å². The molecule has 0 aliphatic carbocycles. The van der Waals surface area contributed by atoms with Crippen LogP contribution in [0.3, 0.4) is 0 Å². The maximum atomic E-state index is 6.55. The molecule has 2 heterocycles. The Labute approximate surface area is 300 Å². The van der Waals surface area contributed by atoms with Crippen LogP contribution in [0.4, 0.5) is 0 Å². The van der Waals surface area contributed by atoms with Crippen molar-refractivity contribution in [3.05, 3.63) is 48.6 Å². The normalized spacial score (nSPS) is 19.0. The Kier molecular flexibility index (Phi) is 30.8. The van der Waals surface area contributed by atoms with Gasteiger partial charge in [-0.1, -0.05) is 140 Å². The molecule has 0 aromatic carbocycles. The Hall–Kier alpha value is -1.20. The molecule has 2 rings (SSSR count). The summed E-state index contributed by atoms with van der Waals surface area (Å²) >= 11 is 0. The van der Waals surface area contributed by atoms with E-state index in [2.05, 4.69) is 62.5 Å². The molecule has 2 aliphatic rings. The Balaban J connectivity index is 0.00000272. The van der Waals surface area contributed by atoms with Crippen molar-refractivity contribution in [3.63, 3.8) is 0 Å². The van der Waals surface area contributed by atoms with E-state index in [1.807, 2.05) is 26.0 Å². The maximum Gasteiger partial charge on any atom is 0.169 e. The summed E-state index contributed by atoms with van der Waals surface area (Å²) in [6, 6.07) is 0. The molecule has 2 fully saturated rings.